The maximum atomic E-state index is 13.7. The first-order valence-electron chi connectivity index (χ1n) is 10.6. The molecule has 2 rings (SSSR count). The topological polar surface area (TPSA) is 157 Å². The minimum atomic E-state index is -4.24. The predicted octanol–water partition coefficient (Wildman–Crippen LogP) is 1.98. The molecule has 11 heteroatoms. The summed E-state index contributed by atoms with van der Waals surface area (Å²) in [7, 11) is -4.24. The van der Waals surface area contributed by atoms with Crippen LogP contribution in [0.5, 0.6) is 0 Å². The molecule has 0 aliphatic heterocycles. The van der Waals surface area contributed by atoms with Crippen molar-refractivity contribution in [3.63, 3.8) is 0 Å². The Morgan fingerprint density at radius 3 is 2.50 bits per heavy atom. The van der Waals surface area contributed by atoms with Gasteiger partial charge in [-0.25, -0.2) is 18.0 Å². The number of hydrogen-bond donors (Lipinski definition) is 3. The summed E-state index contributed by atoms with van der Waals surface area (Å²) in [5.74, 6) is 11.8. The third kappa shape index (κ3) is 5.52. The minimum Gasteiger partial charge on any atom is -0.464 e. The van der Waals surface area contributed by atoms with Crippen LogP contribution in [0, 0.1) is 0 Å². The summed E-state index contributed by atoms with van der Waals surface area (Å²) in [6.07, 6.45) is 2.08. The molecular formula is C23H29N5O5S. The molecule has 0 fully saturated rings. The van der Waals surface area contributed by atoms with Crippen molar-refractivity contribution in [3.05, 3.63) is 65.7 Å². The van der Waals surface area contributed by atoms with Crippen molar-refractivity contribution < 1.29 is 22.7 Å². The van der Waals surface area contributed by atoms with Gasteiger partial charge in [0, 0.05) is 5.69 Å². The number of anilines is 1. The first-order valence-corrected chi connectivity index (χ1v) is 12.2. The summed E-state index contributed by atoms with van der Waals surface area (Å²) in [6.45, 7) is 3.31. The summed E-state index contributed by atoms with van der Waals surface area (Å²) in [5, 5.41) is 6.17. The van der Waals surface area contributed by atoms with Gasteiger partial charge in [-0.2, -0.15) is 5.10 Å². The first kappa shape index (κ1) is 26.7. The number of carbonyl (C=O) groups is 1. The molecule has 5 N–H and O–H groups in total. The Balaban J connectivity index is 2.96. The van der Waals surface area contributed by atoms with Crippen LogP contribution in [0.15, 0.2) is 59.7 Å². The van der Waals surface area contributed by atoms with Gasteiger partial charge in [-0.3, -0.25) is 5.84 Å². The van der Waals surface area contributed by atoms with Crippen LogP contribution in [0.1, 0.15) is 37.8 Å². The van der Waals surface area contributed by atoms with Crippen molar-refractivity contribution in [2.45, 2.75) is 32.2 Å². The van der Waals surface area contributed by atoms with Crippen LogP contribution in [0.4, 0.5) is 5.69 Å². The van der Waals surface area contributed by atoms with Gasteiger partial charge >= 0.3 is 5.97 Å². The lowest BCUT2D eigenvalue weighted by Crippen LogP contribution is -2.60. The van der Waals surface area contributed by atoms with Crippen LogP contribution in [0.3, 0.4) is 0 Å². The molecule has 0 saturated carbocycles. The van der Waals surface area contributed by atoms with Gasteiger partial charge in [-0.05, 0) is 36.6 Å². The van der Waals surface area contributed by atoms with Gasteiger partial charge in [0.05, 0.1) is 17.9 Å². The van der Waals surface area contributed by atoms with Crippen molar-refractivity contribution >= 4 is 39.5 Å². The highest BCUT2D eigenvalue weighted by molar-refractivity contribution is 7.89. The molecule has 1 atom stereocenters. The fourth-order valence-corrected chi connectivity index (χ4v) is 4.99. The standard InChI is InChI=1S/C23H29N5O5S/c1-3-5-14-34(31,32)28(25)23(22(30)33-4-2,21(16-29)18-10-7-6-8-11-18)19-12-9-13-20(15-19)26-17-27-24/h6-13,15,17H,3-5,14,24-25H2,1-2H3,(H,26,27)/t23-/m0/s1. The Morgan fingerprint density at radius 1 is 1.21 bits per heavy atom. The third-order valence-corrected chi connectivity index (χ3v) is 6.75. The van der Waals surface area contributed by atoms with E-state index in [1.54, 1.807) is 55.3 Å². The molecule has 0 saturated heterocycles. The van der Waals surface area contributed by atoms with Gasteiger partial charge < -0.3 is 15.9 Å². The highest BCUT2D eigenvalue weighted by Gasteiger charge is 2.55. The number of sulfonamides is 1. The van der Waals surface area contributed by atoms with Gasteiger partial charge in [0.1, 0.15) is 12.3 Å². The number of nitrogens with one attached hydrogen (secondary N) is 1. The SMILES string of the molecule is CCCCS(=O)(=O)N(N)[C@](C(=O)OCC)(C(=C=O)c1ccccc1)c1cccc(NC=NN)c1. The summed E-state index contributed by atoms with van der Waals surface area (Å²) in [5.41, 5.74) is -1.92. The molecule has 0 heterocycles. The van der Waals surface area contributed by atoms with Gasteiger partial charge in [0.2, 0.25) is 15.6 Å². The van der Waals surface area contributed by atoms with Gasteiger partial charge in [-0.1, -0.05) is 55.8 Å². The lowest BCUT2D eigenvalue weighted by Gasteiger charge is -2.39. The molecule has 10 nitrogen and oxygen atoms in total. The number of ether oxygens (including phenoxy) is 1. The van der Waals surface area contributed by atoms with Crippen LogP contribution in [0.25, 0.3) is 5.57 Å². The summed E-state index contributed by atoms with van der Waals surface area (Å²) >= 11 is 0. The van der Waals surface area contributed by atoms with Gasteiger partial charge in [-0.15, -0.1) is 4.41 Å². The Labute approximate surface area is 199 Å². The van der Waals surface area contributed by atoms with Crippen molar-refractivity contribution in [2.24, 2.45) is 16.8 Å². The van der Waals surface area contributed by atoms with E-state index in [-0.39, 0.29) is 29.1 Å². The van der Waals surface area contributed by atoms with E-state index in [0.717, 1.165) is 0 Å². The molecule has 0 aromatic heterocycles. The molecule has 2 aromatic carbocycles. The van der Waals surface area contributed by atoms with Crippen LogP contribution in [0.2, 0.25) is 0 Å². The molecule has 0 amide bonds. The normalized spacial score (nSPS) is 13.3. The first-order chi connectivity index (χ1) is 16.3. The molecule has 0 spiro atoms. The van der Waals surface area contributed by atoms with Crippen molar-refractivity contribution in [3.8, 4) is 0 Å². The lowest BCUT2D eigenvalue weighted by molar-refractivity contribution is -0.152. The van der Waals surface area contributed by atoms with Crippen molar-refractivity contribution in [1.29, 1.82) is 0 Å². The summed E-state index contributed by atoms with van der Waals surface area (Å²) in [6, 6.07) is 14.3. The highest BCUT2D eigenvalue weighted by Crippen LogP contribution is 2.42. The number of unbranched alkanes of at least 4 members (excludes halogenated alkanes) is 1. The van der Waals surface area contributed by atoms with E-state index < -0.39 is 21.5 Å². The van der Waals surface area contributed by atoms with E-state index in [1.165, 1.54) is 18.5 Å². The zero-order chi connectivity index (χ0) is 25.2. The zero-order valence-corrected chi connectivity index (χ0v) is 19.9. The molecule has 0 unspecified atom stereocenters. The molecule has 0 aliphatic carbocycles. The van der Waals surface area contributed by atoms with E-state index in [1.807, 2.05) is 6.92 Å². The van der Waals surface area contributed by atoms with E-state index in [2.05, 4.69) is 10.4 Å². The number of nitrogens with zero attached hydrogens (tertiary/aromatic N) is 2. The maximum absolute atomic E-state index is 13.7. The molecule has 0 bridgehead atoms. The van der Waals surface area contributed by atoms with Crippen LogP contribution in [-0.2, 0) is 29.9 Å². The average Bonchev–Trinajstić information content (AvgIpc) is 2.85. The van der Waals surface area contributed by atoms with E-state index in [9.17, 15) is 18.0 Å². The molecule has 2 aromatic rings. The van der Waals surface area contributed by atoms with E-state index >= 15 is 0 Å². The molecule has 0 aliphatic rings. The molecule has 182 valence electrons. The Bertz CT molecular complexity index is 1160. The smallest absolute Gasteiger partial charge is 0.339 e. The Morgan fingerprint density at radius 2 is 1.91 bits per heavy atom. The molecular weight excluding hydrogens is 458 g/mol. The largest absolute Gasteiger partial charge is 0.464 e. The van der Waals surface area contributed by atoms with Crippen LogP contribution < -0.4 is 17.0 Å². The van der Waals surface area contributed by atoms with Gasteiger partial charge in [0.15, 0.2) is 0 Å². The quantitative estimate of drug-likeness (QED) is 0.102. The number of nitrogens with two attached hydrogens (primary N) is 2. The second-order valence-electron chi connectivity index (χ2n) is 7.24. The fraction of sp³-hybridized carbons (Fsp3) is 0.304. The van der Waals surface area contributed by atoms with Crippen molar-refractivity contribution in [1.82, 2.24) is 4.41 Å². The number of hydrazine groups is 1. The molecule has 0 radical (unpaired) electrons. The number of carbonyl (C=O) groups excluding carboxylic acids is 2. The van der Waals surface area contributed by atoms with Crippen molar-refractivity contribution in [2.75, 3.05) is 17.7 Å². The van der Waals surface area contributed by atoms with Gasteiger partial charge in [0.25, 0.3) is 0 Å². The van der Waals surface area contributed by atoms with E-state index in [4.69, 9.17) is 16.4 Å². The number of esters is 1. The second kappa shape index (κ2) is 12.1. The summed E-state index contributed by atoms with van der Waals surface area (Å²) < 4.78 is 32.4. The minimum absolute atomic E-state index is 0.0751. The Kier molecular flexibility index (Phi) is 9.52. The fourth-order valence-electron chi connectivity index (χ4n) is 3.45. The second-order valence-corrected chi connectivity index (χ2v) is 9.21. The van der Waals surface area contributed by atoms with Crippen LogP contribution in [-0.4, -0.2) is 43.4 Å². The zero-order valence-electron chi connectivity index (χ0n) is 19.1. The number of hydrogen-bond acceptors (Lipinski definition) is 8. The maximum Gasteiger partial charge on any atom is 0.339 e. The Hall–Kier alpha value is -3.50. The lowest BCUT2D eigenvalue weighted by atomic mass is 9.80. The number of benzene rings is 2. The third-order valence-electron chi connectivity index (χ3n) is 5.07. The molecule has 34 heavy (non-hydrogen) atoms. The number of rotatable bonds is 12. The predicted molar refractivity (Wildman–Crippen MR) is 131 cm³/mol. The average molecular weight is 488 g/mol. The van der Waals surface area contributed by atoms with Crippen LogP contribution >= 0.6 is 0 Å². The van der Waals surface area contributed by atoms with E-state index in [0.29, 0.717) is 22.9 Å². The summed E-state index contributed by atoms with van der Waals surface area (Å²) in [4.78, 5) is 26.1. The number of hydrazone groups is 1. The highest BCUT2D eigenvalue weighted by atomic mass is 32.2. The monoisotopic (exact) mass is 487 g/mol.